The van der Waals surface area contributed by atoms with Crippen LogP contribution in [0.15, 0.2) is 22.4 Å². The van der Waals surface area contributed by atoms with Crippen LogP contribution >= 0.6 is 23.2 Å². The zero-order valence-electron chi connectivity index (χ0n) is 9.37. The van der Waals surface area contributed by atoms with Crippen LogP contribution in [0.5, 0.6) is 5.75 Å². The predicted molar refractivity (Wildman–Crippen MR) is 69.5 cm³/mol. The molecule has 1 aliphatic carbocycles. The van der Waals surface area contributed by atoms with Gasteiger partial charge in [0.05, 0.1) is 21.8 Å². The van der Waals surface area contributed by atoms with Gasteiger partial charge in [0.25, 0.3) is 0 Å². The number of rotatable bonds is 2. The second kappa shape index (κ2) is 5.69. The van der Waals surface area contributed by atoms with Gasteiger partial charge in [-0.05, 0) is 25.0 Å². The van der Waals surface area contributed by atoms with Crippen LogP contribution in [0.4, 0.5) is 5.69 Å². The standard InChI is InChI=1S/C12H14Cl2N2O/c13-10-6-9(7-11(14)12(10)17)16-15-8-4-2-1-3-5-8/h6-8,17H,1-5H2. The molecule has 0 radical (unpaired) electrons. The first kappa shape index (κ1) is 12.7. The van der Waals surface area contributed by atoms with Gasteiger partial charge in [0.1, 0.15) is 0 Å². The molecule has 0 heterocycles. The minimum atomic E-state index is -0.107. The third-order valence-corrected chi connectivity index (χ3v) is 3.49. The van der Waals surface area contributed by atoms with Crippen molar-refractivity contribution in [3.63, 3.8) is 0 Å². The molecule has 0 atom stereocenters. The highest BCUT2D eigenvalue weighted by molar-refractivity contribution is 6.37. The minimum Gasteiger partial charge on any atom is -0.505 e. The molecule has 0 unspecified atom stereocenters. The summed E-state index contributed by atoms with van der Waals surface area (Å²) < 4.78 is 0. The second-order valence-corrected chi connectivity index (χ2v) is 5.08. The molecule has 1 aliphatic rings. The van der Waals surface area contributed by atoms with Crippen LogP contribution in [0.25, 0.3) is 0 Å². The number of benzene rings is 1. The highest BCUT2D eigenvalue weighted by atomic mass is 35.5. The number of phenolic OH excluding ortho intramolecular Hbond substituents is 1. The van der Waals surface area contributed by atoms with Gasteiger partial charge < -0.3 is 5.11 Å². The van der Waals surface area contributed by atoms with Crippen LogP contribution < -0.4 is 0 Å². The summed E-state index contributed by atoms with van der Waals surface area (Å²) in [7, 11) is 0. The van der Waals surface area contributed by atoms with E-state index in [2.05, 4.69) is 10.2 Å². The molecular weight excluding hydrogens is 259 g/mol. The summed E-state index contributed by atoms with van der Waals surface area (Å²) in [6.07, 6.45) is 5.94. The largest absolute Gasteiger partial charge is 0.505 e. The molecule has 0 aliphatic heterocycles. The minimum absolute atomic E-state index is 0.107. The predicted octanol–water partition coefficient (Wildman–Crippen LogP) is 5.12. The van der Waals surface area contributed by atoms with Crippen LogP contribution in [0.3, 0.4) is 0 Å². The second-order valence-electron chi connectivity index (χ2n) is 4.27. The van der Waals surface area contributed by atoms with Crippen molar-refractivity contribution < 1.29 is 5.11 Å². The number of hydrogen-bond donors (Lipinski definition) is 1. The normalized spacial score (nSPS) is 17.8. The fourth-order valence-corrected chi connectivity index (χ4v) is 2.43. The summed E-state index contributed by atoms with van der Waals surface area (Å²) in [5.41, 5.74) is 0.586. The Morgan fingerprint density at radius 1 is 1.06 bits per heavy atom. The first-order valence-corrected chi connectivity index (χ1v) is 6.51. The Kier molecular flexibility index (Phi) is 4.24. The number of halogens is 2. The molecule has 1 aromatic rings. The van der Waals surface area contributed by atoms with Gasteiger partial charge in [-0.15, -0.1) is 0 Å². The van der Waals surface area contributed by atoms with E-state index in [0.29, 0.717) is 11.7 Å². The van der Waals surface area contributed by atoms with Gasteiger partial charge in [-0.2, -0.15) is 10.2 Å². The molecular formula is C12H14Cl2N2O. The fourth-order valence-electron chi connectivity index (χ4n) is 1.95. The van der Waals surface area contributed by atoms with Gasteiger partial charge in [-0.1, -0.05) is 42.5 Å². The fraction of sp³-hybridized carbons (Fsp3) is 0.500. The quantitative estimate of drug-likeness (QED) is 0.747. The first-order chi connectivity index (χ1) is 8.16. The van der Waals surface area contributed by atoms with Crippen LogP contribution in [-0.4, -0.2) is 11.1 Å². The number of phenols is 1. The Balaban J connectivity index is 2.10. The maximum atomic E-state index is 9.41. The molecule has 92 valence electrons. The third kappa shape index (κ3) is 3.33. The molecule has 1 saturated carbocycles. The van der Waals surface area contributed by atoms with Crippen molar-refractivity contribution in [3.8, 4) is 5.75 Å². The lowest BCUT2D eigenvalue weighted by molar-refractivity contribution is 0.432. The van der Waals surface area contributed by atoms with Crippen molar-refractivity contribution in [1.82, 2.24) is 0 Å². The number of nitrogens with zero attached hydrogens (tertiary/aromatic N) is 2. The summed E-state index contributed by atoms with van der Waals surface area (Å²) >= 11 is 11.6. The smallest absolute Gasteiger partial charge is 0.152 e. The van der Waals surface area contributed by atoms with Crippen LogP contribution in [0, 0.1) is 0 Å². The van der Waals surface area contributed by atoms with Crippen molar-refractivity contribution in [3.05, 3.63) is 22.2 Å². The molecule has 17 heavy (non-hydrogen) atoms. The van der Waals surface area contributed by atoms with Crippen molar-refractivity contribution in [2.75, 3.05) is 0 Å². The van der Waals surface area contributed by atoms with Crippen molar-refractivity contribution >= 4 is 28.9 Å². The van der Waals surface area contributed by atoms with Gasteiger partial charge in [-0.25, -0.2) is 0 Å². The molecule has 2 rings (SSSR count). The van der Waals surface area contributed by atoms with E-state index in [1.54, 1.807) is 12.1 Å². The van der Waals surface area contributed by atoms with Gasteiger partial charge >= 0.3 is 0 Å². The van der Waals surface area contributed by atoms with Crippen LogP contribution in [0.2, 0.25) is 10.0 Å². The average molecular weight is 273 g/mol. The van der Waals surface area contributed by atoms with E-state index in [0.717, 1.165) is 12.8 Å². The Labute approximate surface area is 110 Å². The SMILES string of the molecule is Oc1c(Cl)cc(N=NC2CCCCC2)cc1Cl. The zero-order valence-corrected chi connectivity index (χ0v) is 10.9. The van der Waals surface area contributed by atoms with Gasteiger partial charge in [0.2, 0.25) is 0 Å². The van der Waals surface area contributed by atoms with Gasteiger partial charge in [0, 0.05) is 0 Å². The average Bonchev–Trinajstić information content (AvgIpc) is 2.34. The molecule has 0 aromatic heterocycles. The van der Waals surface area contributed by atoms with Crippen molar-refractivity contribution in [1.29, 1.82) is 0 Å². The lowest BCUT2D eigenvalue weighted by atomic mass is 9.96. The summed E-state index contributed by atoms with van der Waals surface area (Å²) in [5.74, 6) is -0.107. The third-order valence-electron chi connectivity index (χ3n) is 2.91. The van der Waals surface area contributed by atoms with Crippen molar-refractivity contribution in [2.24, 2.45) is 10.2 Å². The van der Waals surface area contributed by atoms with Gasteiger partial charge in [0.15, 0.2) is 5.75 Å². The van der Waals surface area contributed by atoms with E-state index in [1.807, 2.05) is 0 Å². The Morgan fingerprint density at radius 2 is 1.65 bits per heavy atom. The number of aromatic hydroxyl groups is 1. The monoisotopic (exact) mass is 272 g/mol. The molecule has 1 N–H and O–H groups in total. The Bertz CT molecular complexity index is 406. The maximum absolute atomic E-state index is 9.41. The topological polar surface area (TPSA) is 45.0 Å². The number of hydrogen-bond acceptors (Lipinski definition) is 3. The highest BCUT2D eigenvalue weighted by Gasteiger charge is 2.12. The molecule has 3 nitrogen and oxygen atoms in total. The molecule has 1 fully saturated rings. The molecule has 0 spiro atoms. The summed E-state index contributed by atoms with van der Waals surface area (Å²) in [4.78, 5) is 0. The molecule has 5 heteroatoms. The Hall–Kier alpha value is -0.800. The molecule has 0 saturated heterocycles. The summed E-state index contributed by atoms with van der Waals surface area (Å²) in [6.45, 7) is 0. The van der Waals surface area contributed by atoms with E-state index >= 15 is 0 Å². The summed E-state index contributed by atoms with van der Waals surface area (Å²) in [5, 5.41) is 18.2. The highest BCUT2D eigenvalue weighted by Crippen LogP contribution is 2.36. The molecule has 0 bridgehead atoms. The van der Waals surface area contributed by atoms with Gasteiger partial charge in [-0.3, -0.25) is 0 Å². The molecule has 1 aromatic carbocycles. The van der Waals surface area contributed by atoms with E-state index < -0.39 is 0 Å². The van der Waals surface area contributed by atoms with E-state index in [1.165, 1.54) is 19.3 Å². The zero-order chi connectivity index (χ0) is 12.3. The lowest BCUT2D eigenvalue weighted by Crippen LogP contribution is -2.08. The summed E-state index contributed by atoms with van der Waals surface area (Å²) in [6, 6.07) is 3.44. The van der Waals surface area contributed by atoms with Crippen molar-refractivity contribution in [2.45, 2.75) is 38.1 Å². The van der Waals surface area contributed by atoms with Crippen LogP contribution in [0.1, 0.15) is 32.1 Å². The number of azo groups is 1. The lowest BCUT2D eigenvalue weighted by Gasteiger charge is -2.15. The first-order valence-electron chi connectivity index (χ1n) is 5.75. The van der Waals surface area contributed by atoms with E-state index in [-0.39, 0.29) is 15.8 Å². The van der Waals surface area contributed by atoms with Crippen LogP contribution in [-0.2, 0) is 0 Å². The van der Waals surface area contributed by atoms with E-state index in [4.69, 9.17) is 23.2 Å². The Morgan fingerprint density at radius 3 is 2.24 bits per heavy atom. The molecule has 0 amide bonds. The van der Waals surface area contributed by atoms with E-state index in [9.17, 15) is 5.11 Å². The maximum Gasteiger partial charge on any atom is 0.152 e.